The summed E-state index contributed by atoms with van der Waals surface area (Å²) in [6.07, 6.45) is 4.79. The zero-order valence-corrected chi connectivity index (χ0v) is 23.1. The van der Waals surface area contributed by atoms with Crippen LogP contribution in [0.4, 0.5) is 0 Å². The first-order valence-corrected chi connectivity index (χ1v) is 15.7. The average Bonchev–Trinajstić information content (AvgIpc) is 3.45. The molecule has 2 aliphatic carbocycles. The molecule has 2 heterocycles. The molecule has 2 fully saturated rings. The number of amides is 1. The number of fused-ring (bicyclic) bond motifs is 1. The fraction of sp³-hybridized carbons (Fsp3) is 0.760. The maximum atomic E-state index is 13.1. The third-order valence-corrected chi connectivity index (χ3v) is 12.5. The third kappa shape index (κ3) is 4.73. The number of carbonyl (C=O) groups is 1. The first kappa shape index (κ1) is 25.1. The van der Waals surface area contributed by atoms with Gasteiger partial charge in [-0.15, -0.1) is 0 Å². The van der Waals surface area contributed by atoms with E-state index in [1.165, 1.54) is 4.68 Å². The predicted molar refractivity (Wildman–Crippen MR) is 136 cm³/mol. The number of carbonyl (C=O) groups excluding carboxylic acids is 1. The van der Waals surface area contributed by atoms with Crippen molar-refractivity contribution in [1.82, 2.24) is 24.7 Å². The third-order valence-electron chi connectivity index (χ3n) is 7.95. The minimum absolute atomic E-state index is 0.0673. The molecule has 0 radical (unpaired) electrons. The van der Waals surface area contributed by atoms with E-state index in [2.05, 4.69) is 56.3 Å². The van der Waals surface area contributed by atoms with Gasteiger partial charge in [-0.3, -0.25) is 9.59 Å². The van der Waals surface area contributed by atoms with Crippen molar-refractivity contribution >= 4 is 19.7 Å². The van der Waals surface area contributed by atoms with E-state index in [9.17, 15) is 9.59 Å². The monoisotopic (exact) mass is 487 g/mol. The number of rotatable bonds is 8. The lowest BCUT2D eigenvalue weighted by molar-refractivity contribution is -0.126. The molecule has 34 heavy (non-hydrogen) atoms. The second-order valence-corrected chi connectivity index (χ2v) is 16.9. The van der Waals surface area contributed by atoms with Gasteiger partial charge in [0.2, 0.25) is 5.91 Å². The summed E-state index contributed by atoms with van der Waals surface area (Å²) in [5.74, 6) is 1.04. The van der Waals surface area contributed by atoms with Gasteiger partial charge in [0.1, 0.15) is 12.1 Å². The molecular formula is C25H41N5O3Si. The zero-order chi connectivity index (χ0) is 25.1. The van der Waals surface area contributed by atoms with Gasteiger partial charge in [-0.25, -0.2) is 9.20 Å². The lowest BCUT2D eigenvalue weighted by Crippen LogP contribution is -2.61. The molecule has 0 atom stereocenters. The van der Waals surface area contributed by atoms with E-state index in [-0.39, 0.29) is 40.6 Å². The Morgan fingerprint density at radius 2 is 1.91 bits per heavy atom. The molecule has 0 saturated heterocycles. The Morgan fingerprint density at radius 3 is 2.44 bits per heavy atom. The van der Waals surface area contributed by atoms with Crippen LogP contribution in [0.25, 0.3) is 5.52 Å². The van der Waals surface area contributed by atoms with Gasteiger partial charge in [0.15, 0.2) is 14.1 Å². The molecule has 188 valence electrons. The van der Waals surface area contributed by atoms with Crippen molar-refractivity contribution in [3.8, 4) is 0 Å². The Labute approximate surface area is 203 Å². The van der Waals surface area contributed by atoms with Crippen LogP contribution in [-0.4, -0.2) is 45.3 Å². The maximum Gasteiger partial charge on any atom is 0.293 e. The Morgan fingerprint density at radius 1 is 1.26 bits per heavy atom. The van der Waals surface area contributed by atoms with Crippen LogP contribution < -0.4 is 10.9 Å². The summed E-state index contributed by atoms with van der Waals surface area (Å²) in [6, 6.07) is 1.94. The van der Waals surface area contributed by atoms with Crippen LogP contribution in [0.5, 0.6) is 0 Å². The van der Waals surface area contributed by atoms with E-state index >= 15 is 0 Å². The van der Waals surface area contributed by atoms with Crippen molar-refractivity contribution in [2.75, 3.05) is 0 Å². The second-order valence-electron chi connectivity index (χ2n) is 12.2. The van der Waals surface area contributed by atoms with Crippen LogP contribution >= 0.6 is 0 Å². The first-order valence-electron chi connectivity index (χ1n) is 12.8. The van der Waals surface area contributed by atoms with Crippen molar-refractivity contribution in [2.45, 2.75) is 122 Å². The fourth-order valence-electron chi connectivity index (χ4n) is 4.60. The van der Waals surface area contributed by atoms with Gasteiger partial charge < -0.3 is 9.74 Å². The van der Waals surface area contributed by atoms with Crippen LogP contribution in [0.15, 0.2) is 10.9 Å². The van der Waals surface area contributed by atoms with Crippen LogP contribution in [0.1, 0.15) is 97.0 Å². The largest absolute Gasteiger partial charge is 0.411 e. The highest BCUT2D eigenvalue weighted by molar-refractivity contribution is 6.74. The van der Waals surface area contributed by atoms with Gasteiger partial charge in [0.25, 0.3) is 5.56 Å². The molecule has 0 aliphatic heterocycles. The van der Waals surface area contributed by atoms with E-state index in [0.29, 0.717) is 17.3 Å². The molecule has 0 bridgehead atoms. The molecule has 9 heteroatoms. The average molecular weight is 488 g/mol. The number of hydrogen-bond acceptors (Lipinski definition) is 5. The van der Waals surface area contributed by atoms with Gasteiger partial charge in [-0.05, 0) is 56.3 Å². The topological polar surface area (TPSA) is 90.5 Å². The highest BCUT2D eigenvalue weighted by Gasteiger charge is 2.50. The molecular weight excluding hydrogens is 446 g/mol. The molecule has 0 spiro atoms. The first-order chi connectivity index (χ1) is 15.7. The number of hydrogen-bond donors (Lipinski definition) is 1. The molecule has 1 amide bonds. The van der Waals surface area contributed by atoms with Crippen LogP contribution in [0.3, 0.4) is 0 Å². The van der Waals surface area contributed by atoms with Crippen molar-refractivity contribution in [3.05, 3.63) is 27.9 Å². The molecule has 2 saturated carbocycles. The SMILES string of the molecule is CC[C@]1(O[Si](C)(C)C(C)(C)C)C[C@@H](NC(=O)Cn2nc(C(C)C)n3nc(C4CC4)cc3c2=O)C1. The Bertz CT molecular complexity index is 1130. The van der Waals surface area contributed by atoms with Gasteiger partial charge in [0, 0.05) is 17.9 Å². The van der Waals surface area contributed by atoms with E-state index in [4.69, 9.17) is 4.43 Å². The highest BCUT2D eigenvalue weighted by Crippen LogP contribution is 2.46. The fourth-order valence-corrected chi connectivity index (χ4v) is 6.30. The summed E-state index contributed by atoms with van der Waals surface area (Å²) in [6.45, 7) is 17.4. The Kier molecular flexibility index (Phi) is 6.34. The second kappa shape index (κ2) is 8.59. The van der Waals surface area contributed by atoms with Gasteiger partial charge in [-0.2, -0.15) is 10.2 Å². The Balaban J connectivity index is 1.45. The molecule has 0 unspecified atom stereocenters. The number of aromatic nitrogens is 4. The molecule has 4 rings (SSSR count). The standard InChI is InChI=1S/C25H41N5O3Si/c1-9-25(33-34(7,8)24(4,5)6)13-18(14-25)26-21(31)15-29-23(32)20-12-19(17-10-11-17)27-30(20)22(28-29)16(2)3/h12,16-18H,9-11,13-15H2,1-8H3,(H,26,31)/t18-,25+. The lowest BCUT2D eigenvalue weighted by atomic mass is 9.74. The Hall–Kier alpha value is -2.00. The minimum atomic E-state index is -1.89. The van der Waals surface area contributed by atoms with Crippen molar-refractivity contribution < 1.29 is 9.22 Å². The predicted octanol–water partition coefficient (Wildman–Crippen LogP) is 4.34. The summed E-state index contributed by atoms with van der Waals surface area (Å²) < 4.78 is 9.73. The van der Waals surface area contributed by atoms with Gasteiger partial charge in [0.05, 0.1) is 11.3 Å². The van der Waals surface area contributed by atoms with E-state index < -0.39 is 8.32 Å². The van der Waals surface area contributed by atoms with E-state index in [1.54, 1.807) is 4.52 Å². The summed E-state index contributed by atoms with van der Waals surface area (Å²) in [7, 11) is -1.89. The summed E-state index contributed by atoms with van der Waals surface area (Å²) in [4.78, 5) is 26.0. The van der Waals surface area contributed by atoms with Crippen LogP contribution in [0, 0.1) is 0 Å². The molecule has 0 aromatic carbocycles. The molecule has 2 aliphatic rings. The van der Waals surface area contributed by atoms with Gasteiger partial charge in [-0.1, -0.05) is 41.5 Å². The van der Waals surface area contributed by atoms with Crippen molar-refractivity contribution in [3.63, 3.8) is 0 Å². The quantitative estimate of drug-likeness (QED) is 0.559. The van der Waals surface area contributed by atoms with E-state index in [0.717, 1.165) is 37.8 Å². The zero-order valence-electron chi connectivity index (χ0n) is 22.1. The summed E-state index contributed by atoms with van der Waals surface area (Å²) in [5, 5.41) is 12.4. The lowest BCUT2D eigenvalue weighted by Gasteiger charge is -2.53. The minimum Gasteiger partial charge on any atom is -0.411 e. The maximum absolute atomic E-state index is 13.1. The summed E-state index contributed by atoms with van der Waals surface area (Å²) in [5.41, 5.74) is 1.04. The van der Waals surface area contributed by atoms with E-state index in [1.807, 2.05) is 19.9 Å². The van der Waals surface area contributed by atoms with Crippen molar-refractivity contribution in [2.24, 2.45) is 0 Å². The van der Waals surface area contributed by atoms with Crippen LogP contribution in [-0.2, 0) is 15.8 Å². The molecule has 2 aromatic heterocycles. The molecule has 1 N–H and O–H groups in total. The van der Waals surface area contributed by atoms with Crippen molar-refractivity contribution in [1.29, 1.82) is 0 Å². The summed E-state index contributed by atoms with van der Waals surface area (Å²) >= 11 is 0. The number of nitrogens with zero attached hydrogens (tertiary/aromatic N) is 4. The normalized spacial score (nSPS) is 23.4. The smallest absolute Gasteiger partial charge is 0.293 e. The molecule has 2 aromatic rings. The van der Waals surface area contributed by atoms with Gasteiger partial charge >= 0.3 is 0 Å². The molecule has 8 nitrogen and oxygen atoms in total. The number of nitrogens with one attached hydrogen (secondary N) is 1. The van der Waals surface area contributed by atoms with Crippen LogP contribution in [0.2, 0.25) is 18.1 Å². The highest BCUT2D eigenvalue weighted by atomic mass is 28.4.